The van der Waals surface area contributed by atoms with Gasteiger partial charge in [-0.15, -0.1) is 0 Å². The van der Waals surface area contributed by atoms with Crippen LogP contribution in [0.25, 0.3) is 0 Å². The van der Waals surface area contributed by atoms with Crippen molar-refractivity contribution in [3.63, 3.8) is 0 Å². The van der Waals surface area contributed by atoms with Crippen molar-refractivity contribution in [3.8, 4) is 0 Å². The molecule has 3 atom stereocenters. The van der Waals surface area contributed by atoms with Crippen LogP contribution in [0.4, 0.5) is 4.79 Å². The maximum atomic E-state index is 14.2. The van der Waals surface area contributed by atoms with Gasteiger partial charge in [-0.3, -0.25) is 14.5 Å². The Hall–Kier alpha value is -4.33. The molecule has 1 aliphatic heterocycles. The van der Waals surface area contributed by atoms with Gasteiger partial charge >= 0.3 is 6.09 Å². The highest BCUT2D eigenvalue weighted by Crippen LogP contribution is 2.41. The van der Waals surface area contributed by atoms with Gasteiger partial charge in [-0.1, -0.05) is 142 Å². The third kappa shape index (κ3) is 7.80. The Kier molecular flexibility index (Phi) is 10.9. The zero-order valence-electron chi connectivity index (χ0n) is 27.8. The molecule has 0 saturated carbocycles. The molecule has 0 unspecified atom stereocenters. The van der Waals surface area contributed by atoms with Crippen LogP contribution in [0, 0.1) is 0 Å². The monoisotopic (exact) mass is 647 g/mol. The molecule has 5 rings (SSSR count). The highest BCUT2D eigenvalue weighted by molar-refractivity contribution is 6.99. The van der Waals surface area contributed by atoms with Gasteiger partial charge in [0.25, 0.3) is 8.32 Å². The van der Waals surface area contributed by atoms with Gasteiger partial charge in [0.2, 0.25) is 0 Å². The van der Waals surface area contributed by atoms with Crippen molar-refractivity contribution in [1.29, 1.82) is 0 Å². The summed E-state index contributed by atoms with van der Waals surface area (Å²) in [6.45, 7) is 8.29. The minimum absolute atomic E-state index is 0.0515. The Morgan fingerprint density at radius 2 is 1.23 bits per heavy atom. The molecule has 6 nitrogen and oxygen atoms in total. The number of hydrogen-bond donors (Lipinski definition) is 0. The largest absolute Gasteiger partial charge is 0.445 e. The zero-order chi connectivity index (χ0) is 33.4. The van der Waals surface area contributed by atoms with Crippen molar-refractivity contribution in [3.05, 3.63) is 132 Å². The molecule has 0 bridgehead atoms. The molecule has 0 spiro atoms. The first-order chi connectivity index (χ1) is 22.6. The van der Waals surface area contributed by atoms with E-state index in [4.69, 9.17) is 9.16 Å². The standard InChI is InChI=1S/C40H45NO5Si/c1-30(42)27-36-38(46-47(40(2,3)4,34-21-13-7-14-22-34)35-23-15-8-16-24-35)26-25-33(28-37(43)32-19-11-6-12-20-32)41(36)39(44)45-29-31-17-9-5-10-18-31/h5-24,33,36,38H,25-29H2,1-4H3/t33-,36-,38-/m0/s1. The number of hydrogen-bond acceptors (Lipinski definition) is 5. The number of carbonyl (C=O) groups excluding carboxylic acids is 3. The van der Waals surface area contributed by atoms with Gasteiger partial charge in [0.15, 0.2) is 5.78 Å². The van der Waals surface area contributed by atoms with Gasteiger partial charge in [-0.2, -0.15) is 0 Å². The molecule has 244 valence electrons. The molecule has 1 fully saturated rings. The van der Waals surface area contributed by atoms with Crippen molar-refractivity contribution in [2.75, 3.05) is 0 Å². The summed E-state index contributed by atoms with van der Waals surface area (Å²) in [5.74, 6) is -0.105. The predicted octanol–water partition coefficient (Wildman–Crippen LogP) is 7.35. The highest BCUT2D eigenvalue weighted by Gasteiger charge is 2.54. The topological polar surface area (TPSA) is 72.9 Å². The summed E-state index contributed by atoms with van der Waals surface area (Å²) in [7, 11) is -3.03. The van der Waals surface area contributed by atoms with E-state index in [2.05, 4.69) is 45.0 Å². The summed E-state index contributed by atoms with van der Waals surface area (Å²) in [4.78, 5) is 42.3. The minimum atomic E-state index is -3.03. The van der Waals surface area contributed by atoms with Crippen molar-refractivity contribution >= 4 is 36.4 Å². The number of nitrogens with zero attached hydrogens (tertiary/aromatic N) is 1. The maximum Gasteiger partial charge on any atom is 0.410 e. The Bertz CT molecular complexity index is 1580. The van der Waals surface area contributed by atoms with Gasteiger partial charge in [-0.05, 0) is 40.7 Å². The lowest BCUT2D eigenvalue weighted by Crippen LogP contribution is -2.70. The van der Waals surface area contributed by atoms with Crippen LogP contribution in [0.15, 0.2) is 121 Å². The van der Waals surface area contributed by atoms with Crippen molar-refractivity contribution in [1.82, 2.24) is 4.90 Å². The van der Waals surface area contributed by atoms with E-state index in [1.165, 1.54) is 0 Å². The van der Waals surface area contributed by atoms with Gasteiger partial charge in [0.05, 0.1) is 12.1 Å². The van der Waals surface area contributed by atoms with Gasteiger partial charge in [0.1, 0.15) is 12.4 Å². The molecule has 1 amide bonds. The number of amides is 1. The van der Waals surface area contributed by atoms with E-state index in [0.29, 0.717) is 18.4 Å². The third-order valence-electron chi connectivity index (χ3n) is 9.14. The molecule has 1 aliphatic rings. The fraction of sp³-hybridized carbons (Fsp3) is 0.325. The molecule has 4 aromatic rings. The van der Waals surface area contributed by atoms with Crippen LogP contribution in [-0.2, 0) is 20.6 Å². The number of benzene rings is 4. The number of Topliss-reactive ketones (excluding diaryl/α,β-unsaturated/α-hetero) is 2. The second kappa shape index (κ2) is 15.0. The lowest BCUT2D eigenvalue weighted by atomic mass is 9.87. The number of likely N-dealkylation sites (tertiary alicyclic amines) is 1. The van der Waals surface area contributed by atoms with Crippen LogP contribution in [0.2, 0.25) is 5.04 Å². The second-order valence-corrected chi connectivity index (χ2v) is 17.7. The third-order valence-corrected chi connectivity index (χ3v) is 14.2. The van der Waals surface area contributed by atoms with Crippen LogP contribution in [0.3, 0.4) is 0 Å². The maximum absolute atomic E-state index is 14.2. The fourth-order valence-electron chi connectivity index (χ4n) is 6.95. The summed E-state index contributed by atoms with van der Waals surface area (Å²) < 4.78 is 13.5. The van der Waals surface area contributed by atoms with Gasteiger partial charge < -0.3 is 9.16 Å². The number of ether oxygens (including phenoxy) is 1. The first-order valence-electron chi connectivity index (χ1n) is 16.5. The molecule has 0 aliphatic carbocycles. The van der Waals surface area contributed by atoms with Crippen molar-refractivity contribution < 1.29 is 23.5 Å². The Morgan fingerprint density at radius 1 is 0.723 bits per heavy atom. The quantitative estimate of drug-likeness (QED) is 0.126. The Balaban J connectivity index is 1.56. The lowest BCUT2D eigenvalue weighted by molar-refractivity contribution is -0.120. The summed E-state index contributed by atoms with van der Waals surface area (Å²) in [5.41, 5.74) is 1.46. The summed E-state index contributed by atoms with van der Waals surface area (Å²) in [5, 5.41) is 1.95. The minimum Gasteiger partial charge on any atom is -0.445 e. The number of carbonyl (C=O) groups is 3. The van der Waals surface area contributed by atoms with E-state index in [1.807, 2.05) is 84.9 Å². The smallest absolute Gasteiger partial charge is 0.410 e. The average Bonchev–Trinajstić information content (AvgIpc) is 3.08. The summed E-state index contributed by atoms with van der Waals surface area (Å²) in [6.07, 6.45) is 0.359. The first-order valence-corrected chi connectivity index (χ1v) is 18.4. The van der Waals surface area contributed by atoms with Crippen molar-refractivity contribution in [2.24, 2.45) is 0 Å². The van der Waals surface area contributed by atoms with Crippen LogP contribution < -0.4 is 10.4 Å². The van der Waals surface area contributed by atoms with E-state index in [0.717, 1.165) is 15.9 Å². The molecule has 1 heterocycles. The van der Waals surface area contributed by atoms with E-state index >= 15 is 0 Å². The normalized spacial score (nSPS) is 18.4. The lowest BCUT2D eigenvalue weighted by Gasteiger charge is -2.51. The first kappa shape index (κ1) is 34.0. The number of ketones is 2. The van der Waals surface area contributed by atoms with Crippen LogP contribution >= 0.6 is 0 Å². The van der Waals surface area contributed by atoms with Crippen molar-refractivity contribution in [2.45, 2.75) is 83.2 Å². The zero-order valence-corrected chi connectivity index (χ0v) is 28.8. The van der Waals surface area contributed by atoms with Gasteiger partial charge in [-0.25, -0.2) is 4.79 Å². The molecular weight excluding hydrogens is 603 g/mol. The Labute approximate surface area is 279 Å². The van der Waals surface area contributed by atoms with E-state index < -0.39 is 32.6 Å². The molecule has 0 N–H and O–H groups in total. The average molecular weight is 648 g/mol. The molecular formula is C40H45NO5Si. The highest BCUT2D eigenvalue weighted by atomic mass is 28.4. The van der Waals surface area contributed by atoms with Crippen LogP contribution in [0.1, 0.15) is 69.3 Å². The molecule has 4 aromatic carbocycles. The number of piperidine rings is 1. The molecule has 0 aromatic heterocycles. The molecule has 7 heteroatoms. The van der Waals surface area contributed by atoms with Crippen LogP contribution in [-0.4, -0.2) is 49.1 Å². The van der Waals surface area contributed by atoms with E-state index in [-0.39, 0.29) is 36.1 Å². The Morgan fingerprint density at radius 3 is 1.74 bits per heavy atom. The van der Waals surface area contributed by atoms with E-state index in [9.17, 15) is 14.4 Å². The molecule has 0 radical (unpaired) electrons. The SMILES string of the molecule is CC(=O)C[C@H]1[C@@H](O[Si](c2ccccc2)(c2ccccc2)C(C)(C)C)CC[C@@H](CC(=O)c2ccccc2)N1C(=O)OCc1ccccc1. The summed E-state index contributed by atoms with van der Waals surface area (Å²) >= 11 is 0. The second-order valence-electron chi connectivity index (χ2n) is 13.5. The van der Waals surface area contributed by atoms with E-state index in [1.54, 1.807) is 24.0 Å². The molecule has 47 heavy (non-hydrogen) atoms. The molecule has 1 saturated heterocycles. The number of rotatable bonds is 11. The van der Waals surface area contributed by atoms with Crippen LogP contribution in [0.5, 0.6) is 0 Å². The summed E-state index contributed by atoms with van der Waals surface area (Å²) in [6, 6.07) is 38.4. The predicted molar refractivity (Wildman–Crippen MR) is 188 cm³/mol. The fourth-order valence-corrected chi connectivity index (χ4v) is 11.7. The van der Waals surface area contributed by atoms with Gasteiger partial charge in [0, 0.05) is 24.4 Å².